The number of hydrogen-bond donors (Lipinski definition) is 2. The van der Waals surface area contributed by atoms with Crippen LogP contribution in [0.4, 0.5) is 16.3 Å². The molecule has 9 heteroatoms. The van der Waals surface area contributed by atoms with Gasteiger partial charge in [0.15, 0.2) is 0 Å². The maximum absolute atomic E-state index is 12.7. The van der Waals surface area contributed by atoms with E-state index >= 15 is 0 Å². The van der Waals surface area contributed by atoms with E-state index in [4.69, 9.17) is 4.74 Å². The van der Waals surface area contributed by atoms with Crippen molar-refractivity contribution in [2.24, 2.45) is 5.92 Å². The number of hydrogen-bond acceptors (Lipinski definition) is 6. The number of pyridine rings is 1. The van der Waals surface area contributed by atoms with E-state index < -0.39 is 5.60 Å². The number of carbonyl (C=O) groups excluding carboxylic acids is 3. The van der Waals surface area contributed by atoms with Crippen molar-refractivity contribution < 1.29 is 19.1 Å². The van der Waals surface area contributed by atoms with E-state index in [-0.39, 0.29) is 30.4 Å². The van der Waals surface area contributed by atoms with E-state index in [1.165, 1.54) is 0 Å². The van der Waals surface area contributed by atoms with E-state index in [0.29, 0.717) is 37.7 Å². The maximum Gasteiger partial charge on any atom is 0.410 e. The van der Waals surface area contributed by atoms with Crippen molar-refractivity contribution in [1.82, 2.24) is 15.2 Å². The molecule has 9 nitrogen and oxygen atoms in total. The summed E-state index contributed by atoms with van der Waals surface area (Å²) in [4.78, 5) is 44.3. The van der Waals surface area contributed by atoms with Crippen molar-refractivity contribution in [3.05, 3.63) is 18.3 Å². The van der Waals surface area contributed by atoms with Crippen molar-refractivity contribution in [2.75, 3.05) is 42.9 Å². The Hall–Kier alpha value is -2.84. The molecule has 2 fully saturated rings. The standard InChI is InChI=1S/C20H29N5O4/c1-20(2,3)29-19(28)25-9-4-5-14(12-25)18(27)23-15-6-7-16(22-11-15)24-10-8-21-17(26)13-24/h6-7,11,14H,4-5,8-10,12-13H2,1-3H3,(H,21,26)(H,23,27). The minimum atomic E-state index is -0.561. The number of nitrogens with one attached hydrogen (secondary N) is 2. The first-order valence-electron chi connectivity index (χ1n) is 9.98. The van der Waals surface area contributed by atoms with Gasteiger partial charge in [0.05, 0.1) is 24.3 Å². The fourth-order valence-electron chi connectivity index (χ4n) is 3.41. The summed E-state index contributed by atoms with van der Waals surface area (Å²) in [5.74, 6) is 0.251. The van der Waals surface area contributed by atoms with Crippen LogP contribution in [-0.2, 0) is 14.3 Å². The highest BCUT2D eigenvalue weighted by molar-refractivity contribution is 5.93. The highest BCUT2D eigenvalue weighted by Crippen LogP contribution is 2.22. The molecule has 3 heterocycles. The second kappa shape index (κ2) is 8.67. The van der Waals surface area contributed by atoms with Crippen molar-refractivity contribution >= 4 is 29.4 Å². The highest BCUT2D eigenvalue weighted by Gasteiger charge is 2.31. The summed E-state index contributed by atoms with van der Waals surface area (Å²) in [6.45, 7) is 7.99. The maximum atomic E-state index is 12.7. The number of carbonyl (C=O) groups is 3. The van der Waals surface area contributed by atoms with Crippen LogP contribution in [0.25, 0.3) is 0 Å². The zero-order valence-corrected chi connectivity index (χ0v) is 17.2. The Morgan fingerprint density at radius 2 is 2.07 bits per heavy atom. The monoisotopic (exact) mass is 403 g/mol. The molecule has 2 saturated heterocycles. The summed E-state index contributed by atoms with van der Waals surface area (Å²) in [5, 5.41) is 5.66. The van der Waals surface area contributed by atoms with Crippen LogP contribution >= 0.6 is 0 Å². The Morgan fingerprint density at radius 3 is 2.72 bits per heavy atom. The molecule has 0 spiro atoms. The minimum absolute atomic E-state index is 0.0257. The molecule has 0 saturated carbocycles. The number of ether oxygens (including phenoxy) is 1. The van der Waals surface area contributed by atoms with E-state index in [1.54, 1.807) is 23.2 Å². The van der Waals surface area contributed by atoms with Gasteiger partial charge in [-0.25, -0.2) is 9.78 Å². The van der Waals surface area contributed by atoms with Gasteiger partial charge in [0.2, 0.25) is 11.8 Å². The molecular weight excluding hydrogens is 374 g/mol. The van der Waals surface area contributed by atoms with Gasteiger partial charge >= 0.3 is 6.09 Å². The summed E-state index contributed by atoms with van der Waals surface area (Å²) in [6.07, 6.45) is 2.69. The van der Waals surface area contributed by atoms with Gasteiger partial charge in [-0.2, -0.15) is 0 Å². The van der Waals surface area contributed by atoms with Crippen molar-refractivity contribution in [3.63, 3.8) is 0 Å². The molecule has 2 N–H and O–H groups in total. The Bertz CT molecular complexity index is 759. The third kappa shape index (κ3) is 5.82. The van der Waals surface area contributed by atoms with E-state index in [9.17, 15) is 14.4 Å². The van der Waals surface area contributed by atoms with Crippen molar-refractivity contribution in [1.29, 1.82) is 0 Å². The predicted octanol–water partition coefficient (Wildman–Crippen LogP) is 1.60. The molecule has 2 aliphatic heterocycles. The topological polar surface area (TPSA) is 104 Å². The van der Waals surface area contributed by atoms with Gasteiger partial charge in [0, 0.05) is 26.2 Å². The van der Waals surface area contributed by atoms with Gasteiger partial charge in [0.25, 0.3) is 0 Å². The molecule has 0 radical (unpaired) electrons. The normalized spacial score (nSPS) is 20.1. The molecule has 1 unspecified atom stereocenters. The Morgan fingerprint density at radius 1 is 1.28 bits per heavy atom. The van der Waals surface area contributed by atoms with Gasteiger partial charge in [0.1, 0.15) is 11.4 Å². The molecule has 3 rings (SSSR count). The Labute approximate surface area is 170 Å². The number of piperidine rings is 1. The largest absolute Gasteiger partial charge is 0.444 e. The summed E-state index contributed by atoms with van der Waals surface area (Å²) in [6, 6.07) is 3.57. The van der Waals surface area contributed by atoms with Crippen LogP contribution in [0.15, 0.2) is 18.3 Å². The summed E-state index contributed by atoms with van der Waals surface area (Å²) in [7, 11) is 0. The van der Waals surface area contributed by atoms with Crippen LogP contribution < -0.4 is 15.5 Å². The summed E-state index contributed by atoms with van der Waals surface area (Å²) in [5.41, 5.74) is 0.0314. The van der Waals surface area contributed by atoms with Crippen LogP contribution in [0.3, 0.4) is 0 Å². The SMILES string of the molecule is CC(C)(C)OC(=O)N1CCCC(C(=O)Nc2ccc(N3CCNC(=O)C3)nc2)C1. The number of aromatic nitrogens is 1. The number of likely N-dealkylation sites (tertiary alicyclic amines) is 1. The fourth-order valence-corrected chi connectivity index (χ4v) is 3.41. The van der Waals surface area contributed by atoms with Crippen LogP contribution in [0.2, 0.25) is 0 Å². The van der Waals surface area contributed by atoms with Gasteiger partial charge in [-0.15, -0.1) is 0 Å². The van der Waals surface area contributed by atoms with E-state index in [1.807, 2.05) is 25.7 Å². The predicted molar refractivity (Wildman–Crippen MR) is 109 cm³/mol. The second-order valence-corrected chi connectivity index (χ2v) is 8.43. The average molecular weight is 403 g/mol. The molecule has 0 aromatic carbocycles. The smallest absolute Gasteiger partial charge is 0.410 e. The number of amides is 3. The lowest BCUT2D eigenvalue weighted by Gasteiger charge is -2.33. The lowest BCUT2D eigenvalue weighted by Crippen LogP contribution is -2.48. The first-order valence-corrected chi connectivity index (χ1v) is 9.98. The van der Waals surface area contributed by atoms with Gasteiger partial charge in [-0.3, -0.25) is 9.59 Å². The van der Waals surface area contributed by atoms with Gasteiger partial charge in [-0.05, 0) is 45.7 Å². The fraction of sp³-hybridized carbons (Fsp3) is 0.600. The highest BCUT2D eigenvalue weighted by atomic mass is 16.6. The number of anilines is 2. The average Bonchev–Trinajstić information content (AvgIpc) is 2.67. The molecule has 2 aliphatic rings. The first-order chi connectivity index (χ1) is 13.7. The van der Waals surface area contributed by atoms with Crippen LogP contribution in [0, 0.1) is 5.92 Å². The third-order valence-corrected chi connectivity index (χ3v) is 4.82. The van der Waals surface area contributed by atoms with Gasteiger partial charge in [-0.1, -0.05) is 0 Å². The first kappa shape index (κ1) is 20.9. The minimum Gasteiger partial charge on any atom is -0.444 e. The zero-order chi connectivity index (χ0) is 21.0. The van der Waals surface area contributed by atoms with Crippen molar-refractivity contribution in [2.45, 2.75) is 39.2 Å². The quantitative estimate of drug-likeness (QED) is 0.795. The second-order valence-electron chi connectivity index (χ2n) is 8.43. The van der Waals surface area contributed by atoms with Crippen molar-refractivity contribution in [3.8, 4) is 0 Å². The number of nitrogens with zero attached hydrogens (tertiary/aromatic N) is 3. The van der Waals surface area contributed by atoms with Crippen LogP contribution in [-0.4, -0.2) is 66.1 Å². The van der Waals surface area contributed by atoms with Crippen LogP contribution in [0.1, 0.15) is 33.6 Å². The lowest BCUT2D eigenvalue weighted by atomic mass is 9.97. The summed E-state index contributed by atoms with van der Waals surface area (Å²) >= 11 is 0. The van der Waals surface area contributed by atoms with E-state index in [2.05, 4.69) is 15.6 Å². The molecular formula is C20H29N5O4. The molecule has 1 atom stereocenters. The van der Waals surface area contributed by atoms with Gasteiger partial charge < -0.3 is 25.2 Å². The molecule has 0 bridgehead atoms. The number of piperazine rings is 1. The molecule has 158 valence electrons. The molecule has 0 aliphatic carbocycles. The Balaban J connectivity index is 1.55. The zero-order valence-electron chi connectivity index (χ0n) is 17.2. The Kier molecular flexibility index (Phi) is 6.24. The lowest BCUT2D eigenvalue weighted by molar-refractivity contribution is -0.121. The van der Waals surface area contributed by atoms with E-state index in [0.717, 1.165) is 12.8 Å². The number of rotatable bonds is 3. The van der Waals surface area contributed by atoms with Crippen LogP contribution in [0.5, 0.6) is 0 Å². The molecule has 3 amide bonds. The molecule has 1 aromatic heterocycles. The third-order valence-electron chi connectivity index (χ3n) is 4.82. The molecule has 1 aromatic rings. The molecule has 29 heavy (non-hydrogen) atoms. The summed E-state index contributed by atoms with van der Waals surface area (Å²) < 4.78 is 5.41.